The average molecular weight is 336 g/mol. The second-order valence-corrected chi connectivity index (χ2v) is 5.80. The van der Waals surface area contributed by atoms with E-state index in [0.717, 1.165) is 17.9 Å². The molecule has 2 aromatic heterocycles. The molecule has 0 atom stereocenters. The summed E-state index contributed by atoms with van der Waals surface area (Å²) in [6, 6.07) is 9.60. The van der Waals surface area contributed by atoms with Crippen molar-refractivity contribution >= 4 is 17.4 Å². The lowest BCUT2D eigenvalue weighted by atomic mass is 10.1. The lowest BCUT2D eigenvalue weighted by Gasteiger charge is -2.11. The molecule has 3 aromatic rings. The minimum Gasteiger partial charge on any atom is -0.363 e. The first-order valence-electron chi connectivity index (χ1n) is 8.01. The summed E-state index contributed by atoms with van der Waals surface area (Å²) in [7, 11) is 3.81. The Morgan fingerprint density at radius 3 is 2.60 bits per heavy atom. The Bertz CT molecular complexity index is 869. The van der Waals surface area contributed by atoms with Crippen LogP contribution in [-0.4, -0.2) is 39.5 Å². The number of carbonyl (C=O) groups is 1. The molecule has 0 saturated carbocycles. The molecule has 1 aromatic carbocycles. The lowest BCUT2D eigenvalue weighted by molar-refractivity contribution is 0.102. The molecule has 0 unspecified atom stereocenters. The first-order chi connectivity index (χ1) is 12.1. The van der Waals surface area contributed by atoms with Crippen LogP contribution in [0.15, 0.2) is 49.2 Å². The van der Waals surface area contributed by atoms with Crippen molar-refractivity contribution in [2.24, 2.45) is 0 Å². The van der Waals surface area contributed by atoms with Gasteiger partial charge in [0.1, 0.15) is 30.0 Å². The standard InChI is InChI=1S/C18H20N6O/c1-4-13-5-7-14(8-6-13)22-18(25)15-10-24(12-21-15)17-9-16(23(2)3)19-11-20-17/h5-12H,4H2,1-3H3,(H,22,25). The summed E-state index contributed by atoms with van der Waals surface area (Å²) in [5.74, 6) is 1.17. The molecule has 2 heterocycles. The van der Waals surface area contributed by atoms with Crippen LogP contribution in [0, 0.1) is 0 Å². The van der Waals surface area contributed by atoms with Gasteiger partial charge in [-0.05, 0) is 24.1 Å². The van der Waals surface area contributed by atoms with Crippen LogP contribution in [0.25, 0.3) is 5.82 Å². The molecule has 0 aliphatic heterocycles. The van der Waals surface area contributed by atoms with E-state index in [2.05, 4.69) is 27.2 Å². The Morgan fingerprint density at radius 1 is 1.16 bits per heavy atom. The van der Waals surface area contributed by atoms with Crippen molar-refractivity contribution in [3.63, 3.8) is 0 Å². The highest BCUT2D eigenvalue weighted by molar-refractivity contribution is 6.02. The molecule has 7 heteroatoms. The van der Waals surface area contributed by atoms with Gasteiger partial charge in [-0.1, -0.05) is 19.1 Å². The van der Waals surface area contributed by atoms with Gasteiger partial charge < -0.3 is 10.2 Å². The monoisotopic (exact) mass is 336 g/mol. The van der Waals surface area contributed by atoms with Gasteiger partial charge in [-0.3, -0.25) is 9.36 Å². The number of carbonyl (C=O) groups excluding carboxylic acids is 1. The molecule has 0 fully saturated rings. The van der Waals surface area contributed by atoms with E-state index in [1.165, 1.54) is 11.9 Å². The van der Waals surface area contributed by atoms with E-state index in [1.54, 1.807) is 17.1 Å². The first-order valence-corrected chi connectivity index (χ1v) is 8.01. The fourth-order valence-corrected chi connectivity index (χ4v) is 2.31. The molecule has 0 aliphatic rings. The molecule has 1 amide bonds. The Balaban J connectivity index is 1.76. The molecular weight excluding hydrogens is 316 g/mol. The van der Waals surface area contributed by atoms with Gasteiger partial charge in [0.15, 0.2) is 0 Å². The molecule has 0 saturated heterocycles. The highest BCUT2D eigenvalue weighted by Crippen LogP contribution is 2.14. The number of imidazole rings is 1. The van der Waals surface area contributed by atoms with Crippen LogP contribution in [0.5, 0.6) is 0 Å². The molecule has 0 radical (unpaired) electrons. The third kappa shape index (κ3) is 3.82. The molecule has 1 N–H and O–H groups in total. The van der Waals surface area contributed by atoms with E-state index in [1.807, 2.05) is 49.3 Å². The van der Waals surface area contributed by atoms with E-state index >= 15 is 0 Å². The van der Waals surface area contributed by atoms with Crippen LogP contribution in [0.4, 0.5) is 11.5 Å². The summed E-state index contributed by atoms with van der Waals surface area (Å²) in [5.41, 5.74) is 2.29. The number of nitrogens with zero attached hydrogens (tertiary/aromatic N) is 5. The molecule has 0 spiro atoms. The van der Waals surface area contributed by atoms with Crippen molar-refractivity contribution in [1.29, 1.82) is 0 Å². The Hall–Kier alpha value is -3.22. The van der Waals surface area contributed by atoms with Crippen LogP contribution in [-0.2, 0) is 6.42 Å². The number of hydrogen-bond acceptors (Lipinski definition) is 5. The van der Waals surface area contributed by atoms with E-state index in [0.29, 0.717) is 11.5 Å². The van der Waals surface area contributed by atoms with Crippen molar-refractivity contribution in [3.8, 4) is 5.82 Å². The third-order valence-corrected chi connectivity index (χ3v) is 3.80. The second kappa shape index (κ2) is 7.12. The predicted molar refractivity (Wildman–Crippen MR) is 97.3 cm³/mol. The van der Waals surface area contributed by atoms with E-state index in [9.17, 15) is 4.79 Å². The number of aryl methyl sites for hydroxylation is 1. The molecule has 3 rings (SSSR count). The molecule has 128 valence electrons. The topological polar surface area (TPSA) is 75.9 Å². The SMILES string of the molecule is CCc1ccc(NC(=O)c2cn(-c3cc(N(C)C)ncn3)cn2)cc1. The minimum absolute atomic E-state index is 0.259. The Morgan fingerprint density at radius 2 is 1.92 bits per heavy atom. The maximum absolute atomic E-state index is 12.4. The summed E-state index contributed by atoms with van der Waals surface area (Å²) in [4.78, 5) is 26.8. The quantitative estimate of drug-likeness (QED) is 0.775. The number of aromatic nitrogens is 4. The zero-order valence-corrected chi connectivity index (χ0v) is 14.5. The van der Waals surface area contributed by atoms with Gasteiger partial charge in [0.25, 0.3) is 5.91 Å². The van der Waals surface area contributed by atoms with Crippen molar-refractivity contribution in [3.05, 3.63) is 60.4 Å². The first kappa shape index (κ1) is 16.6. The number of hydrogen-bond donors (Lipinski definition) is 1. The summed E-state index contributed by atoms with van der Waals surface area (Å²) in [5, 5.41) is 2.85. The van der Waals surface area contributed by atoms with Crippen molar-refractivity contribution < 1.29 is 4.79 Å². The van der Waals surface area contributed by atoms with Gasteiger partial charge >= 0.3 is 0 Å². The van der Waals surface area contributed by atoms with Crippen LogP contribution >= 0.6 is 0 Å². The van der Waals surface area contributed by atoms with E-state index in [4.69, 9.17) is 0 Å². The van der Waals surface area contributed by atoms with E-state index < -0.39 is 0 Å². The van der Waals surface area contributed by atoms with Gasteiger partial charge in [-0.2, -0.15) is 0 Å². The van der Waals surface area contributed by atoms with Gasteiger partial charge in [-0.25, -0.2) is 15.0 Å². The summed E-state index contributed by atoms with van der Waals surface area (Å²) < 4.78 is 1.70. The highest BCUT2D eigenvalue weighted by Gasteiger charge is 2.11. The largest absolute Gasteiger partial charge is 0.363 e. The number of nitrogens with one attached hydrogen (secondary N) is 1. The Kier molecular flexibility index (Phi) is 4.74. The molecular formula is C18H20N6O. The fourth-order valence-electron chi connectivity index (χ4n) is 2.31. The molecule has 0 aliphatic carbocycles. The number of amides is 1. The smallest absolute Gasteiger partial charge is 0.275 e. The van der Waals surface area contributed by atoms with Crippen molar-refractivity contribution in [2.75, 3.05) is 24.3 Å². The van der Waals surface area contributed by atoms with Crippen LogP contribution < -0.4 is 10.2 Å². The number of anilines is 2. The maximum atomic E-state index is 12.4. The summed E-state index contributed by atoms with van der Waals surface area (Å²) in [6.07, 6.45) is 5.67. The highest BCUT2D eigenvalue weighted by atomic mass is 16.1. The number of benzene rings is 1. The average Bonchev–Trinajstić information content (AvgIpc) is 3.13. The van der Waals surface area contributed by atoms with Gasteiger partial charge in [-0.15, -0.1) is 0 Å². The lowest BCUT2D eigenvalue weighted by Crippen LogP contribution is -2.12. The van der Waals surface area contributed by atoms with Crippen LogP contribution in [0.2, 0.25) is 0 Å². The normalized spacial score (nSPS) is 10.5. The summed E-state index contributed by atoms with van der Waals surface area (Å²) >= 11 is 0. The van der Waals surface area contributed by atoms with Gasteiger partial charge in [0.05, 0.1) is 0 Å². The maximum Gasteiger partial charge on any atom is 0.275 e. The second-order valence-electron chi connectivity index (χ2n) is 5.80. The zero-order valence-electron chi connectivity index (χ0n) is 14.5. The fraction of sp³-hybridized carbons (Fsp3) is 0.222. The zero-order chi connectivity index (χ0) is 17.8. The minimum atomic E-state index is -0.259. The van der Waals surface area contributed by atoms with E-state index in [-0.39, 0.29) is 5.91 Å². The summed E-state index contributed by atoms with van der Waals surface area (Å²) in [6.45, 7) is 2.09. The Labute approximate surface area is 146 Å². The van der Waals surface area contributed by atoms with Gasteiger partial charge in [0.2, 0.25) is 0 Å². The number of rotatable bonds is 5. The predicted octanol–water partition coefficient (Wildman–Crippen LogP) is 2.54. The van der Waals surface area contributed by atoms with Crippen LogP contribution in [0.1, 0.15) is 23.0 Å². The van der Waals surface area contributed by atoms with Crippen LogP contribution in [0.3, 0.4) is 0 Å². The molecule has 0 bridgehead atoms. The van der Waals surface area contributed by atoms with Crippen molar-refractivity contribution in [1.82, 2.24) is 19.5 Å². The molecule has 25 heavy (non-hydrogen) atoms. The van der Waals surface area contributed by atoms with Gasteiger partial charge in [0, 0.05) is 32.0 Å². The molecule has 7 nitrogen and oxygen atoms in total. The third-order valence-electron chi connectivity index (χ3n) is 3.80. The van der Waals surface area contributed by atoms with Crippen molar-refractivity contribution in [2.45, 2.75) is 13.3 Å².